The number of benzene rings is 1. The van der Waals surface area contributed by atoms with Crippen molar-refractivity contribution in [3.63, 3.8) is 0 Å². The largest absolute Gasteiger partial charge is 0.482 e. The lowest BCUT2D eigenvalue weighted by molar-refractivity contribution is -0.149. The minimum atomic E-state index is -1.03. The number of aryl methyl sites for hydroxylation is 1. The zero-order chi connectivity index (χ0) is 15.3. The van der Waals surface area contributed by atoms with Crippen LogP contribution in [0.2, 0.25) is 5.02 Å². The minimum absolute atomic E-state index is 0.247. The lowest BCUT2D eigenvalue weighted by Gasteiger charge is -2.23. The highest BCUT2D eigenvalue weighted by Gasteiger charge is 2.24. The van der Waals surface area contributed by atoms with Crippen molar-refractivity contribution in [3.05, 3.63) is 28.8 Å². The summed E-state index contributed by atoms with van der Waals surface area (Å²) in [5.74, 6) is -1.02. The number of nitrogens with zero attached hydrogens (tertiary/aromatic N) is 1. The lowest BCUT2D eigenvalue weighted by Crippen LogP contribution is -2.44. The number of halogens is 1. The van der Waals surface area contributed by atoms with E-state index < -0.39 is 17.9 Å². The van der Waals surface area contributed by atoms with Crippen molar-refractivity contribution < 1.29 is 19.4 Å². The van der Waals surface area contributed by atoms with Gasteiger partial charge in [-0.25, -0.2) is 4.79 Å². The minimum Gasteiger partial charge on any atom is -0.482 e. The Morgan fingerprint density at radius 1 is 1.45 bits per heavy atom. The Balaban J connectivity index is 2.67. The molecule has 1 aromatic rings. The van der Waals surface area contributed by atoms with Crippen LogP contribution in [0.3, 0.4) is 0 Å². The molecule has 0 bridgehead atoms. The van der Waals surface area contributed by atoms with E-state index in [1.165, 1.54) is 11.9 Å². The molecule has 1 unspecified atom stereocenters. The summed E-state index contributed by atoms with van der Waals surface area (Å²) in [5, 5.41) is 9.42. The summed E-state index contributed by atoms with van der Waals surface area (Å²) in [6, 6.07) is 4.40. The molecule has 1 atom stereocenters. The van der Waals surface area contributed by atoms with Crippen LogP contribution >= 0.6 is 11.6 Å². The van der Waals surface area contributed by atoms with E-state index in [0.29, 0.717) is 17.2 Å². The smallest absolute Gasteiger partial charge is 0.326 e. The van der Waals surface area contributed by atoms with Crippen LogP contribution < -0.4 is 4.74 Å². The van der Waals surface area contributed by atoms with Crippen molar-refractivity contribution in [1.29, 1.82) is 0 Å². The molecule has 0 fully saturated rings. The van der Waals surface area contributed by atoms with E-state index >= 15 is 0 Å². The number of carbonyl (C=O) groups excluding carboxylic acids is 1. The van der Waals surface area contributed by atoms with Gasteiger partial charge in [0.1, 0.15) is 11.8 Å². The van der Waals surface area contributed by atoms with E-state index in [1.807, 2.05) is 13.0 Å². The van der Waals surface area contributed by atoms with E-state index in [1.54, 1.807) is 19.1 Å². The number of carbonyl (C=O) groups is 2. The highest BCUT2D eigenvalue weighted by Crippen LogP contribution is 2.25. The van der Waals surface area contributed by atoms with Crippen LogP contribution in [-0.2, 0) is 9.59 Å². The van der Waals surface area contributed by atoms with E-state index in [4.69, 9.17) is 21.4 Å². The second-order valence-corrected chi connectivity index (χ2v) is 4.90. The SMILES string of the molecule is CCC(C(=O)O)N(C)C(=O)COc1cc(C)ccc1Cl. The molecular formula is C14H18ClNO4. The van der Waals surface area contributed by atoms with Crippen LogP contribution in [0.15, 0.2) is 18.2 Å². The summed E-state index contributed by atoms with van der Waals surface area (Å²) in [6.07, 6.45) is 0.336. The molecule has 0 aromatic heterocycles. The number of amides is 1. The van der Waals surface area contributed by atoms with Gasteiger partial charge in [-0.1, -0.05) is 24.6 Å². The van der Waals surface area contributed by atoms with E-state index in [9.17, 15) is 9.59 Å². The van der Waals surface area contributed by atoms with Gasteiger partial charge in [0.2, 0.25) is 0 Å². The third kappa shape index (κ3) is 4.13. The van der Waals surface area contributed by atoms with Crippen molar-refractivity contribution in [1.82, 2.24) is 4.90 Å². The van der Waals surface area contributed by atoms with Gasteiger partial charge in [0.15, 0.2) is 6.61 Å². The van der Waals surface area contributed by atoms with Crippen molar-refractivity contribution in [2.24, 2.45) is 0 Å². The molecule has 0 aliphatic carbocycles. The summed E-state index contributed by atoms with van der Waals surface area (Å²) in [7, 11) is 1.45. The highest BCUT2D eigenvalue weighted by atomic mass is 35.5. The first-order valence-corrected chi connectivity index (χ1v) is 6.62. The molecular weight excluding hydrogens is 282 g/mol. The molecule has 0 saturated carbocycles. The van der Waals surface area contributed by atoms with Gasteiger partial charge in [-0.15, -0.1) is 0 Å². The Labute approximate surface area is 123 Å². The molecule has 0 spiro atoms. The van der Waals surface area contributed by atoms with Gasteiger partial charge in [-0.05, 0) is 31.0 Å². The van der Waals surface area contributed by atoms with Crippen LogP contribution in [0.25, 0.3) is 0 Å². The summed E-state index contributed by atoms with van der Waals surface area (Å²) >= 11 is 5.96. The van der Waals surface area contributed by atoms with Gasteiger partial charge in [0.25, 0.3) is 5.91 Å². The highest BCUT2D eigenvalue weighted by molar-refractivity contribution is 6.32. The number of hydrogen-bond acceptors (Lipinski definition) is 3. The number of carboxylic acids is 1. The topological polar surface area (TPSA) is 66.8 Å². The van der Waals surface area contributed by atoms with Gasteiger partial charge < -0.3 is 14.7 Å². The average molecular weight is 300 g/mol. The van der Waals surface area contributed by atoms with Gasteiger partial charge in [0, 0.05) is 7.05 Å². The summed E-state index contributed by atoms with van der Waals surface area (Å²) < 4.78 is 5.36. The fourth-order valence-electron chi connectivity index (χ4n) is 1.75. The summed E-state index contributed by atoms with van der Waals surface area (Å²) in [4.78, 5) is 24.1. The maximum Gasteiger partial charge on any atom is 0.326 e. The fraction of sp³-hybridized carbons (Fsp3) is 0.429. The van der Waals surface area contributed by atoms with Crippen molar-refractivity contribution in [2.45, 2.75) is 26.3 Å². The molecule has 1 rings (SSSR count). The predicted molar refractivity (Wildman–Crippen MR) is 76.2 cm³/mol. The number of likely N-dealkylation sites (N-methyl/N-ethyl adjacent to an activating group) is 1. The van der Waals surface area contributed by atoms with Gasteiger partial charge in [0.05, 0.1) is 5.02 Å². The molecule has 0 aliphatic heterocycles. The molecule has 0 aliphatic rings. The number of hydrogen-bond donors (Lipinski definition) is 1. The average Bonchev–Trinajstić information content (AvgIpc) is 2.39. The molecule has 20 heavy (non-hydrogen) atoms. The van der Waals surface area contributed by atoms with Crippen LogP contribution in [0.4, 0.5) is 0 Å². The lowest BCUT2D eigenvalue weighted by atomic mass is 10.2. The second-order valence-electron chi connectivity index (χ2n) is 4.49. The van der Waals surface area contributed by atoms with Crippen molar-refractivity contribution >= 4 is 23.5 Å². The van der Waals surface area contributed by atoms with Crippen molar-refractivity contribution in [2.75, 3.05) is 13.7 Å². The number of ether oxygens (including phenoxy) is 1. The molecule has 5 nitrogen and oxygen atoms in total. The first-order chi connectivity index (χ1) is 9.36. The molecule has 110 valence electrons. The van der Waals surface area contributed by atoms with Crippen LogP contribution in [0.5, 0.6) is 5.75 Å². The Morgan fingerprint density at radius 3 is 2.65 bits per heavy atom. The Kier molecular flexibility index (Phi) is 5.82. The van der Waals surface area contributed by atoms with Crippen LogP contribution in [0, 0.1) is 6.92 Å². The number of rotatable bonds is 6. The zero-order valence-electron chi connectivity index (χ0n) is 11.7. The zero-order valence-corrected chi connectivity index (χ0v) is 12.5. The van der Waals surface area contributed by atoms with E-state index in [0.717, 1.165) is 5.56 Å². The van der Waals surface area contributed by atoms with Crippen molar-refractivity contribution in [3.8, 4) is 5.75 Å². The van der Waals surface area contributed by atoms with E-state index in [-0.39, 0.29) is 6.61 Å². The Hall–Kier alpha value is -1.75. The first-order valence-electron chi connectivity index (χ1n) is 6.24. The molecule has 0 heterocycles. The Bertz CT molecular complexity index is 504. The maximum atomic E-state index is 11.9. The van der Waals surface area contributed by atoms with Gasteiger partial charge in [-0.2, -0.15) is 0 Å². The quantitative estimate of drug-likeness (QED) is 0.875. The first kappa shape index (κ1) is 16.3. The standard InChI is InChI=1S/C14H18ClNO4/c1-4-11(14(18)19)16(3)13(17)8-20-12-7-9(2)5-6-10(12)15/h5-7,11H,4,8H2,1-3H3,(H,18,19). The molecule has 1 N–H and O–H groups in total. The normalized spacial score (nSPS) is 11.8. The number of carboxylic acid groups (broad SMARTS) is 1. The molecule has 1 amide bonds. The molecule has 0 saturated heterocycles. The Morgan fingerprint density at radius 2 is 2.10 bits per heavy atom. The summed E-state index contributed by atoms with van der Waals surface area (Å²) in [6.45, 7) is 3.35. The molecule has 1 aromatic carbocycles. The molecule has 6 heteroatoms. The fourth-order valence-corrected chi connectivity index (χ4v) is 1.92. The van der Waals surface area contributed by atoms with E-state index in [2.05, 4.69) is 0 Å². The third-order valence-electron chi connectivity index (χ3n) is 2.97. The summed E-state index contributed by atoms with van der Waals surface area (Å²) in [5.41, 5.74) is 0.960. The van der Waals surface area contributed by atoms with Gasteiger partial charge >= 0.3 is 5.97 Å². The monoisotopic (exact) mass is 299 g/mol. The molecule has 0 radical (unpaired) electrons. The predicted octanol–water partition coefficient (Wildman–Crippen LogP) is 2.35. The second kappa shape index (κ2) is 7.14. The maximum absolute atomic E-state index is 11.9. The van der Waals surface area contributed by atoms with Gasteiger partial charge in [-0.3, -0.25) is 4.79 Å². The van der Waals surface area contributed by atoms with Crippen LogP contribution in [-0.4, -0.2) is 41.6 Å². The number of aliphatic carboxylic acids is 1. The third-order valence-corrected chi connectivity index (χ3v) is 3.28. The van der Waals surface area contributed by atoms with Crippen LogP contribution in [0.1, 0.15) is 18.9 Å².